The number of nitrogens with one attached hydrogen (secondary N) is 1. The van der Waals surface area contributed by atoms with Crippen molar-refractivity contribution in [1.82, 2.24) is 4.98 Å². The number of anilines is 3. The molecule has 7 nitrogen and oxygen atoms in total. The molecule has 1 saturated heterocycles. The van der Waals surface area contributed by atoms with Gasteiger partial charge in [-0.2, -0.15) is 0 Å². The molecule has 0 bridgehead atoms. The minimum absolute atomic E-state index is 0.0517. The average molecular weight is 543 g/mol. The van der Waals surface area contributed by atoms with E-state index < -0.39 is 21.8 Å². The van der Waals surface area contributed by atoms with Gasteiger partial charge in [-0.1, -0.05) is 31.2 Å². The Balaban J connectivity index is 1.41. The Morgan fingerprint density at radius 2 is 1.68 bits per heavy atom. The van der Waals surface area contributed by atoms with E-state index in [1.807, 2.05) is 30.0 Å². The van der Waals surface area contributed by atoms with Crippen LogP contribution in [-0.4, -0.2) is 51.6 Å². The normalized spacial score (nSPS) is 14.9. The summed E-state index contributed by atoms with van der Waals surface area (Å²) in [5.74, 6) is -0.732. The molecule has 1 fully saturated rings. The second-order valence-electron chi connectivity index (χ2n) is 9.66. The third-order valence-electron chi connectivity index (χ3n) is 6.78. The molecule has 0 radical (unpaired) electrons. The average Bonchev–Trinajstić information content (AvgIpc) is 2.88. The lowest BCUT2D eigenvalue weighted by molar-refractivity contribution is -0.120. The van der Waals surface area contributed by atoms with Gasteiger partial charge in [0.15, 0.2) is 0 Å². The van der Waals surface area contributed by atoms with E-state index in [1.54, 1.807) is 25.1 Å². The molecule has 1 aromatic heterocycles. The molecule has 0 aliphatic carbocycles. The zero-order chi connectivity index (χ0) is 27.4. The lowest BCUT2D eigenvalue weighted by Gasteiger charge is -2.37. The number of rotatable bonds is 9. The van der Waals surface area contributed by atoms with Gasteiger partial charge < -0.3 is 9.80 Å². The Bertz CT molecular complexity index is 1420. The molecule has 202 valence electrons. The molecule has 1 atom stereocenters. The molecular formula is C28H32F2N4O3S. The Morgan fingerprint density at radius 3 is 2.34 bits per heavy atom. The molecule has 2 aromatic carbocycles. The Kier molecular flexibility index (Phi) is 8.30. The number of hydrogen-bond acceptors (Lipinski definition) is 6. The van der Waals surface area contributed by atoms with Crippen molar-refractivity contribution >= 4 is 33.0 Å². The van der Waals surface area contributed by atoms with Gasteiger partial charge in [0.25, 0.3) is 0 Å². The predicted molar refractivity (Wildman–Crippen MR) is 146 cm³/mol. The predicted octanol–water partition coefficient (Wildman–Crippen LogP) is 4.67. The molecule has 1 aliphatic rings. The highest BCUT2D eigenvalue weighted by Crippen LogP contribution is 2.27. The third-order valence-corrected chi connectivity index (χ3v) is 7.37. The van der Waals surface area contributed by atoms with E-state index in [-0.39, 0.29) is 23.7 Å². The van der Waals surface area contributed by atoms with Crippen molar-refractivity contribution in [3.63, 3.8) is 0 Å². The van der Waals surface area contributed by atoms with Gasteiger partial charge in [-0.3, -0.25) is 9.52 Å². The number of halogens is 2. The van der Waals surface area contributed by atoms with Crippen LogP contribution in [0.25, 0.3) is 0 Å². The number of ketones is 1. The van der Waals surface area contributed by atoms with Gasteiger partial charge in [-0.15, -0.1) is 0 Å². The molecule has 0 saturated carbocycles. The third kappa shape index (κ3) is 6.66. The van der Waals surface area contributed by atoms with Crippen LogP contribution in [0, 0.1) is 18.6 Å². The van der Waals surface area contributed by atoms with Crippen molar-refractivity contribution in [2.45, 2.75) is 32.6 Å². The largest absolute Gasteiger partial charge is 0.366 e. The number of hydrogen-bond donors (Lipinski definition) is 1. The fourth-order valence-electron chi connectivity index (χ4n) is 4.65. The SMILES string of the molecule is Cc1ccc(CCC(=O)C(C)c2ccc(NS(C)(=O)=O)c(F)c2)c(N2CCN(c3ccccc3F)CC2)n1. The van der Waals surface area contributed by atoms with E-state index in [0.717, 1.165) is 23.3 Å². The number of Topliss-reactive ketones (excluding diaryl/α,β-unsaturated/α-hetero) is 1. The number of para-hydroxylation sites is 1. The molecule has 4 rings (SSSR count). The summed E-state index contributed by atoms with van der Waals surface area (Å²) in [6, 6.07) is 14.8. The fraction of sp³-hybridized carbons (Fsp3) is 0.357. The van der Waals surface area contributed by atoms with Crippen molar-refractivity contribution < 1.29 is 22.0 Å². The number of benzene rings is 2. The minimum atomic E-state index is -3.61. The minimum Gasteiger partial charge on any atom is -0.366 e. The maximum atomic E-state index is 14.4. The molecule has 0 spiro atoms. The number of nitrogens with zero attached hydrogens (tertiary/aromatic N) is 3. The summed E-state index contributed by atoms with van der Waals surface area (Å²) in [4.78, 5) is 22.0. The summed E-state index contributed by atoms with van der Waals surface area (Å²) in [7, 11) is -3.61. The molecule has 1 unspecified atom stereocenters. The van der Waals surface area contributed by atoms with E-state index in [0.29, 0.717) is 43.9 Å². The topological polar surface area (TPSA) is 82.6 Å². The van der Waals surface area contributed by atoms with Crippen LogP contribution < -0.4 is 14.5 Å². The van der Waals surface area contributed by atoms with Crippen LogP contribution in [0.5, 0.6) is 0 Å². The Hall–Kier alpha value is -3.53. The van der Waals surface area contributed by atoms with Gasteiger partial charge >= 0.3 is 0 Å². The van der Waals surface area contributed by atoms with Gasteiger partial charge in [-0.25, -0.2) is 22.2 Å². The van der Waals surface area contributed by atoms with Crippen molar-refractivity contribution in [3.8, 4) is 0 Å². The smallest absolute Gasteiger partial charge is 0.229 e. The monoisotopic (exact) mass is 542 g/mol. The molecule has 38 heavy (non-hydrogen) atoms. The van der Waals surface area contributed by atoms with E-state index in [9.17, 15) is 22.0 Å². The molecule has 0 amide bonds. The molecule has 10 heteroatoms. The number of pyridine rings is 1. The number of aromatic nitrogens is 1. The van der Waals surface area contributed by atoms with Crippen LogP contribution in [0.3, 0.4) is 0 Å². The van der Waals surface area contributed by atoms with Gasteiger partial charge in [-0.05, 0) is 54.8 Å². The fourth-order valence-corrected chi connectivity index (χ4v) is 5.22. The number of carbonyl (C=O) groups is 1. The van der Waals surface area contributed by atoms with Crippen LogP contribution in [0.2, 0.25) is 0 Å². The highest BCUT2D eigenvalue weighted by Gasteiger charge is 2.23. The van der Waals surface area contributed by atoms with E-state index in [2.05, 4.69) is 9.62 Å². The molecular weight excluding hydrogens is 510 g/mol. The van der Waals surface area contributed by atoms with Crippen LogP contribution in [0.15, 0.2) is 54.6 Å². The van der Waals surface area contributed by atoms with Crippen molar-refractivity contribution in [1.29, 1.82) is 0 Å². The van der Waals surface area contributed by atoms with E-state index in [4.69, 9.17) is 4.98 Å². The summed E-state index contributed by atoms with van der Waals surface area (Å²) in [6.45, 7) is 6.30. The lowest BCUT2D eigenvalue weighted by Crippen LogP contribution is -2.47. The first-order chi connectivity index (χ1) is 18.0. The Labute approximate surface area is 222 Å². The van der Waals surface area contributed by atoms with Crippen molar-refractivity contribution in [2.75, 3.05) is 47.0 Å². The molecule has 2 heterocycles. The van der Waals surface area contributed by atoms with Crippen LogP contribution in [0.4, 0.5) is 26.0 Å². The van der Waals surface area contributed by atoms with Gasteiger partial charge in [0.1, 0.15) is 23.2 Å². The molecule has 1 aliphatic heterocycles. The lowest BCUT2D eigenvalue weighted by atomic mass is 9.92. The first kappa shape index (κ1) is 27.5. The van der Waals surface area contributed by atoms with Gasteiger partial charge in [0.2, 0.25) is 10.0 Å². The van der Waals surface area contributed by atoms with Crippen molar-refractivity contribution in [2.24, 2.45) is 0 Å². The van der Waals surface area contributed by atoms with Gasteiger partial charge in [0.05, 0.1) is 17.6 Å². The summed E-state index contributed by atoms with van der Waals surface area (Å²) >= 11 is 0. The maximum Gasteiger partial charge on any atom is 0.229 e. The first-order valence-electron chi connectivity index (χ1n) is 12.5. The van der Waals surface area contributed by atoms with Gasteiger partial charge in [0, 0.05) is 44.2 Å². The first-order valence-corrected chi connectivity index (χ1v) is 14.4. The van der Waals surface area contributed by atoms with Crippen molar-refractivity contribution in [3.05, 3.63) is 83.1 Å². The number of aryl methyl sites for hydroxylation is 2. The molecule has 3 aromatic rings. The maximum absolute atomic E-state index is 14.4. The van der Waals surface area contributed by atoms with Crippen LogP contribution in [0.1, 0.15) is 36.1 Å². The zero-order valence-electron chi connectivity index (χ0n) is 21.7. The van der Waals surface area contributed by atoms with E-state index >= 15 is 0 Å². The number of carbonyl (C=O) groups excluding carboxylic acids is 1. The summed E-state index contributed by atoms with van der Waals surface area (Å²) in [5.41, 5.74) is 2.76. The quantitative estimate of drug-likeness (QED) is 0.423. The van der Waals surface area contributed by atoms with E-state index in [1.165, 1.54) is 18.2 Å². The standard InChI is InChI=1S/C28H32F2N4O3S/c1-19-8-9-21(28(31-19)34-16-14-33(15-17-34)26-7-5-4-6-23(26)29)11-13-27(35)20(2)22-10-12-25(24(30)18-22)32-38(3,36)37/h4-10,12,18,20,32H,11,13-17H2,1-3H3. The summed E-state index contributed by atoms with van der Waals surface area (Å²) in [5, 5.41) is 0. The van der Waals surface area contributed by atoms with Crippen LogP contribution in [-0.2, 0) is 21.2 Å². The highest BCUT2D eigenvalue weighted by atomic mass is 32.2. The summed E-state index contributed by atoms with van der Waals surface area (Å²) in [6.07, 6.45) is 1.68. The second kappa shape index (κ2) is 11.5. The number of sulfonamides is 1. The van der Waals surface area contributed by atoms with Crippen LogP contribution >= 0.6 is 0 Å². The zero-order valence-corrected chi connectivity index (χ0v) is 22.6. The second-order valence-corrected chi connectivity index (χ2v) is 11.4. The number of piperazine rings is 1. The highest BCUT2D eigenvalue weighted by molar-refractivity contribution is 7.92. The Morgan fingerprint density at radius 1 is 1.00 bits per heavy atom. The summed E-state index contributed by atoms with van der Waals surface area (Å²) < 4.78 is 53.6. The molecule has 1 N–H and O–H groups in total.